The molecule has 2 rings (SSSR count). The molecule has 0 aliphatic carbocycles. The molecule has 2 N–H and O–H groups in total. The predicted octanol–water partition coefficient (Wildman–Crippen LogP) is 2.62. The molecule has 0 bridgehead atoms. The molecule has 102 valence electrons. The summed E-state index contributed by atoms with van der Waals surface area (Å²) in [5, 5.41) is 0. The predicted molar refractivity (Wildman–Crippen MR) is 72.4 cm³/mol. The first-order valence-electron chi connectivity index (χ1n) is 6.31. The van der Waals surface area contributed by atoms with Crippen molar-refractivity contribution in [1.82, 2.24) is 4.90 Å². The van der Waals surface area contributed by atoms with Crippen molar-refractivity contribution in [3.8, 4) is 0 Å². The van der Waals surface area contributed by atoms with Gasteiger partial charge in [0, 0.05) is 6.54 Å². The molecule has 1 aromatic carbocycles. The molecular formula is C14H18FN3O. The molecule has 0 radical (unpaired) electrons. The lowest BCUT2D eigenvalue weighted by atomic mass is 10.0. The average Bonchev–Trinajstić information content (AvgIpc) is 2.57. The molecule has 5 heteroatoms. The molecule has 19 heavy (non-hydrogen) atoms. The van der Waals surface area contributed by atoms with Crippen molar-refractivity contribution in [2.24, 2.45) is 16.6 Å². The summed E-state index contributed by atoms with van der Waals surface area (Å²) in [6.45, 7) is 6.31. The minimum Gasteiger partial charge on any atom is -0.385 e. The highest BCUT2D eigenvalue weighted by Crippen LogP contribution is 2.28. The van der Waals surface area contributed by atoms with Gasteiger partial charge >= 0.3 is 6.03 Å². The lowest BCUT2D eigenvalue weighted by Crippen LogP contribution is -2.35. The minimum atomic E-state index is -0.380. The molecule has 0 aromatic heterocycles. The van der Waals surface area contributed by atoms with E-state index in [1.807, 2.05) is 13.8 Å². The van der Waals surface area contributed by atoms with Crippen LogP contribution in [0.25, 0.3) is 0 Å². The van der Waals surface area contributed by atoms with Gasteiger partial charge in [-0.05, 0) is 30.0 Å². The molecule has 1 heterocycles. The zero-order valence-electron chi connectivity index (χ0n) is 11.4. The molecule has 0 saturated heterocycles. The van der Waals surface area contributed by atoms with E-state index in [0.717, 1.165) is 5.56 Å². The minimum absolute atomic E-state index is 0.265. The van der Waals surface area contributed by atoms with Gasteiger partial charge in [0.2, 0.25) is 0 Å². The highest BCUT2D eigenvalue weighted by Gasteiger charge is 2.34. The Morgan fingerprint density at radius 3 is 2.74 bits per heavy atom. The van der Waals surface area contributed by atoms with Crippen LogP contribution in [-0.2, 0) is 0 Å². The van der Waals surface area contributed by atoms with Gasteiger partial charge in [-0.1, -0.05) is 26.0 Å². The number of amides is 2. The van der Waals surface area contributed by atoms with Gasteiger partial charge < -0.3 is 10.6 Å². The number of carbonyl (C=O) groups is 1. The van der Waals surface area contributed by atoms with Crippen LogP contribution in [0.2, 0.25) is 0 Å². The Morgan fingerprint density at radius 1 is 1.47 bits per heavy atom. The van der Waals surface area contributed by atoms with Gasteiger partial charge in [-0.25, -0.2) is 9.18 Å². The fraction of sp³-hybridized carbons (Fsp3) is 0.429. The van der Waals surface area contributed by atoms with Gasteiger partial charge in [0.1, 0.15) is 17.7 Å². The number of rotatable bonds is 3. The first-order chi connectivity index (χ1) is 8.90. The van der Waals surface area contributed by atoms with Crippen LogP contribution >= 0.6 is 0 Å². The Hall–Kier alpha value is -1.91. The second-order valence-electron chi connectivity index (χ2n) is 5.28. The topological polar surface area (TPSA) is 58.7 Å². The van der Waals surface area contributed by atoms with Crippen molar-refractivity contribution in [3.05, 3.63) is 35.1 Å². The number of halogens is 1. The Kier molecular flexibility index (Phi) is 3.55. The van der Waals surface area contributed by atoms with Gasteiger partial charge in [-0.2, -0.15) is 4.99 Å². The fourth-order valence-corrected chi connectivity index (χ4v) is 2.27. The van der Waals surface area contributed by atoms with Crippen molar-refractivity contribution < 1.29 is 9.18 Å². The number of urea groups is 1. The van der Waals surface area contributed by atoms with E-state index in [1.165, 1.54) is 6.07 Å². The summed E-state index contributed by atoms with van der Waals surface area (Å²) in [6.07, 6.45) is 0. The number of amidine groups is 1. The molecule has 2 amide bonds. The Labute approximate surface area is 112 Å². The molecule has 1 aliphatic rings. The van der Waals surface area contributed by atoms with E-state index in [4.69, 9.17) is 5.73 Å². The number of nitrogens with zero attached hydrogens (tertiary/aromatic N) is 2. The largest absolute Gasteiger partial charge is 0.385 e. The van der Waals surface area contributed by atoms with E-state index in [-0.39, 0.29) is 23.7 Å². The van der Waals surface area contributed by atoms with Crippen LogP contribution in [0.3, 0.4) is 0 Å². The van der Waals surface area contributed by atoms with Crippen LogP contribution in [-0.4, -0.2) is 23.3 Å². The smallest absolute Gasteiger partial charge is 0.346 e. The molecule has 4 nitrogen and oxygen atoms in total. The van der Waals surface area contributed by atoms with Gasteiger partial charge in [-0.15, -0.1) is 0 Å². The first kappa shape index (κ1) is 13.5. The molecular weight excluding hydrogens is 245 g/mol. The van der Waals surface area contributed by atoms with Crippen molar-refractivity contribution in [1.29, 1.82) is 0 Å². The quantitative estimate of drug-likeness (QED) is 0.911. The van der Waals surface area contributed by atoms with Gasteiger partial charge in [0.15, 0.2) is 0 Å². The van der Waals surface area contributed by atoms with Crippen LogP contribution in [0.5, 0.6) is 0 Å². The van der Waals surface area contributed by atoms with Gasteiger partial charge in [0.05, 0.1) is 0 Å². The number of hydrogen-bond acceptors (Lipinski definition) is 2. The average molecular weight is 263 g/mol. The molecule has 0 saturated carbocycles. The van der Waals surface area contributed by atoms with E-state index >= 15 is 0 Å². The summed E-state index contributed by atoms with van der Waals surface area (Å²) >= 11 is 0. The highest BCUT2D eigenvalue weighted by molar-refractivity contribution is 6.03. The Bertz CT molecular complexity index is 539. The summed E-state index contributed by atoms with van der Waals surface area (Å²) in [5.74, 6) is 0.324. The van der Waals surface area contributed by atoms with Crippen molar-refractivity contribution >= 4 is 11.9 Å². The summed E-state index contributed by atoms with van der Waals surface area (Å²) in [7, 11) is 0. The fourth-order valence-electron chi connectivity index (χ4n) is 2.27. The molecule has 1 aromatic rings. The number of aryl methyl sites for hydroxylation is 1. The molecule has 1 aliphatic heterocycles. The Morgan fingerprint density at radius 2 is 2.16 bits per heavy atom. The zero-order chi connectivity index (χ0) is 14.2. The zero-order valence-corrected chi connectivity index (χ0v) is 11.4. The van der Waals surface area contributed by atoms with Crippen molar-refractivity contribution in [2.45, 2.75) is 26.8 Å². The van der Waals surface area contributed by atoms with Crippen LogP contribution in [0.1, 0.15) is 31.0 Å². The van der Waals surface area contributed by atoms with Crippen molar-refractivity contribution in [2.75, 3.05) is 6.54 Å². The maximum Gasteiger partial charge on any atom is 0.346 e. The van der Waals surface area contributed by atoms with Crippen LogP contribution in [0.4, 0.5) is 9.18 Å². The van der Waals surface area contributed by atoms with E-state index in [0.29, 0.717) is 18.0 Å². The van der Waals surface area contributed by atoms with E-state index in [9.17, 15) is 9.18 Å². The van der Waals surface area contributed by atoms with E-state index in [2.05, 4.69) is 4.99 Å². The van der Waals surface area contributed by atoms with Crippen molar-refractivity contribution in [3.63, 3.8) is 0 Å². The lowest BCUT2D eigenvalue weighted by Gasteiger charge is -2.26. The molecule has 0 fully saturated rings. The summed E-state index contributed by atoms with van der Waals surface area (Å²) < 4.78 is 13.3. The number of benzene rings is 1. The highest BCUT2D eigenvalue weighted by atomic mass is 19.1. The van der Waals surface area contributed by atoms with E-state index in [1.54, 1.807) is 24.0 Å². The third-order valence-electron chi connectivity index (χ3n) is 3.12. The number of nitrogens with two attached hydrogens (primary N) is 1. The Balaban J connectivity index is 2.36. The van der Waals surface area contributed by atoms with Gasteiger partial charge in [-0.3, -0.25) is 0 Å². The maximum absolute atomic E-state index is 13.3. The molecule has 1 unspecified atom stereocenters. The number of carbonyl (C=O) groups excluding carboxylic acids is 1. The van der Waals surface area contributed by atoms with Crippen LogP contribution in [0, 0.1) is 18.7 Å². The van der Waals surface area contributed by atoms with Gasteiger partial charge in [0.25, 0.3) is 0 Å². The standard InChI is InChI=1S/C14H18FN3O/c1-8(2)7-18-12(13(16)17-14(18)19)10-4-5-11(15)9(3)6-10/h4-6,8,12H,7H2,1-3H3,(H2,16,17,19). The normalized spacial score (nSPS) is 19.2. The third-order valence-corrected chi connectivity index (χ3v) is 3.12. The molecule has 0 spiro atoms. The van der Waals surface area contributed by atoms with E-state index < -0.39 is 0 Å². The maximum atomic E-state index is 13.3. The summed E-state index contributed by atoms with van der Waals surface area (Å²) in [6, 6.07) is 4.07. The number of hydrogen-bond donors (Lipinski definition) is 1. The van der Waals surface area contributed by atoms with Crippen LogP contribution < -0.4 is 5.73 Å². The lowest BCUT2D eigenvalue weighted by molar-refractivity contribution is 0.199. The monoisotopic (exact) mass is 263 g/mol. The van der Waals surface area contributed by atoms with Crippen LogP contribution in [0.15, 0.2) is 23.2 Å². The second-order valence-corrected chi connectivity index (χ2v) is 5.28. The SMILES string of the molecule is Cc1cc(C2C(N)=NC(=O)N2CC(C)C)ccc1F. The summed E-state index contributed by atoms with van der Waals surface area (Å²) in [5.41, 5.74) is 7.18. The second kappa shape index (κ2) is 4.99. The first-order valence-corrected chi connectivity index (χ1v) is 6.31. The third kappa shape index (κ3) is 2.59. The number of aliphatic imine (C=N–C) groups is 1. The summed E-state index contributed by atoms with van der Waals surface area (Å²) in [4.78, 5) is 17.3. The molecule has 1 atom stereocenters.